The number of hydrogen-bond acceptors (Lipinski definition) is 20. The molecule has 0 saturated heterocycles. The fraction of sp³-hybridized carbons (Fsp3) is 0.237. The molecule has 0 radical (unpaired) electrons. The molecule has 96 heavy (non-hydrogen) atoms. The summed E-state index contributed by atoms with van der Waals surface area (Å²) in [6, 6.07) is 43.4. The smallest absolute Gasteiger partial charge is 0.308 e. The zero-order valence-electron chi connectivity index (χ0n) is 54.3. The van der Waals surface area contributed by atoms with Gasteiger partial charge >= 0.3 is 59.7 Å². The summed E-state index contributed by atoms with van der Waals surface area (Å²) >= 11 is 0. The summed E-state index contributed by atoms with van der Waals surface area (Å²) in [7, 11) is 0. The maximum absolute atomic E-state index is 13.7. The molecule has 0 N–H and O–H groups in total. The zero-order chi connectivity index (χ0) is 69.1. The van der Waals surface area contributed by atoms with Crippen LogP contribution in [0.4, 0.5) is 0 Å². The third-order valence-electron chi connectivity index (χ3n) is 15.4. The minimum Gasteiger partial charge on any atom is -0.427 e. The molecule has 1 aliphatic carbocycles. The fourth-order valence-electron chi connectivity index (χ4n) is 12.0. The lowest BCUT2D eigenvalue weighted by molar-refractivity contribution is -0.133. The van der Waals surface area contributed by atoms with E-state index in [4.69, 9.17) is 47.4 Å². The number of carbonyl (C=O) groups is 10. The second-order valence-electron chi connectivity index (χ2n) is 22.8. The molecule has 20 heteroatoms. The highest BCUT2D eigenvalue weighted by molar-refractivity contribution is 5.80. The van der Waals surface area contributed by atoms with E-state index in [-0.39, 0.29) is 128 Å². The molecule has 0 heterocycles. The largest absolute Gasteiger partial charge is 0.427 e. The van der Waals surface area contributed by atoms with Gasteiger partial charge in [0.2, 0.25) is 0 Å². The van der Waals surface area contributed by atoms with Gasteiger partial charge in [-0.25, -0.2) is 0 Å². The van der Waals surface area contributed by atoms with E-state index in [2.05, 4.69) is 0 Å². The topological polar surface area (TPSA) is 263 Å². The molecule has 8 aromatic carbocycles. The van der Waals surface area contributed by atoms with Crippen LogP contribution in [-0.2, 0) is 60.8 Å². The monoisotopic (exact) mass is 1300 g/mol. The van der Waals surface area contributed by atoms with Crippen molar-refractivity contribution in [3.8, 4) is 57.5 Å². The second kappa shape index (κ2) is 30.5. The molecule has 1 aliphatic rings. The molecule has 9 rings (SSSR count). The quantitative estimate of drug-likeness (QED) is 0.0571. The first kappa shape index (κ1) is 68.8. The number of esters is 10. The Balaban J connectivity index is 1.60. The molecule has 0 atom stereocenters. The maximum Gasteiger partial charge on any atom is 0.308 e. The molecular weight excluding hydrogens is 1230 g/mol. The standard InChI is InChI=1S/C76H68O20/c1-41(77)87-55-27-23-53(24-28-55)75-63-33-59(67(89-43(3)79)37-71(63)93-47(7)83)57(31-21-51-17-13-11-14-18-51)61-35-65(73(95-49(9)85)39-69(61)91-45(5)81)76(54-25-29-56(30-26-54)88-42(2)78)66-36-62(70(92-46(6)82)40-74(66)96-50(10)86)58(32-22-52-19-15-12-16-20-52)60-34-64(75)72(94-48(8)84)38-68(60)90-44(4)80/h11-20,23-30,33-40,57-58,75-76H,21-22,31-32H2,1-10H3. The van der Waals surface area contributed by atoms with E-state index in [9.17, 15) is 47.9 Å². The van der Waals surface area contributed by atoms with Gasteiger partial charge in [-0.15, -0.1) is 0 Å². The average molecular weight is 1300 g/mol. The molecule has 0 amide bonds. The van der Waals surface area contributed by atoms with Crippen molar-refractivity contribution in [1.29, 1.82) is 0 Å². The van der Waals surface area contributed by atoms with Crippen molar-refractivity contribution in [2.75, 3.05) is 0 Å². The van der Waals surface area contributed by atoms with E-state index >= 15 is 0 Å². The summed E-state index contributed by atoms with van der Waals surface area (Å²) in [6.45, 7) is 11.8. The molecule has 20 nitrogen and oxygen atoms in total. The van der Waals surface area contributed by atoms with E-state index < -0.39 is 83.4 Å². The average Bonchev–Trinajstić information content (AvgIpc) is 0.744. The van der Waals surface area contributed by atoms with Gasteiger partial charge in [-0.05, 0) is 96.5 Å². The maximum atomic E-state index is 13.7. The number of carbonyl (C=O) groups excluding carboxylic acids is 10. The van der Waals surface area contributed by atoms with Gasteiger partial charge in [-0.1, -0.05) is 84.9 Å². The number of hydrogen-bond donors (Lipinski definition) is 0. The highest BCUT2D eigenvalue weighted by atomic mass is 16.6. The number of ether oxygens (including phenoxy) is 10. The molecule has 492 valence electrons. The van der Waals surface area contributed by atoms with E-state index in [0.717, 1.165) is 11.1 Å². The lowest BCUT2D eigenvalue weighted by Crippen LogP contribution is -2.19. The van der Waals surface area contributed by atoms with Crippen LogP contribution >= 0.6 is 0 Å². The first-order chi connectivity index (χ1) is 45.8. The molecule has 0 unspecified atom stereocenters. The van der Waals surface area contributed by atoms with Crippen LogP contribution in [0.3, 0.4) is 0 Å². The summed E-state index contributed by atoms with van der Waals surface area (Å²) in [5, 5.41) is 0. The normalized spacial score (nSPS) is 14.5. The molecule has 0 aromatic heterocycles. The Morgan fingerprint density at radius 3 is 0.667 bits per heavy atom. The molecule has 0 fully saturated rings. The van der Waals surface area contributed by atoms with Gasteiger partial charge in [-0.3, -0.25) is 47.9 Å². The van der Waals surface area contributed by atoms with Crippen LogP contribution in [0.5, 0.6) is 57.5 Å². The summed E-state index contributed by atoms with van der Waals surface area (Å²) in [6.07, 6.45) is 0.734. The van der Waals surface area contributed by atoms with Gasteiger partial charge in [0.05, 0.1) is 0 Å². The highest BCUT2D eigenvalue weighted by Crippen LogP contribution is 2.55. The minimum absolute atomic E-state index is 0.0949. The van der Waals surface area contributed by atoms with E-state index in [0.29, 0.717) is 11.1 Å². The van der Waals surface area contributed by atoms with Gasteiger partial charge in [0, 0.05) is 162 Å². The number of rotatable bonds is 18. The first-order valence-electron chi connectivity index (χ1n) is 30.6. The first-order valence-corrected chi connectivity index (χ1v) is 30.6. The van der Waals surface area contributed by atoms with Crippen molar-refractivity contribution in [2.24, 2.45) is 0 Å². The summed E-state index contributed by atoms with van der Waals surface area (Å²) < 4.78 is 60.7. The van der Waals surface area contributed by atoms with Crippen molar-refractivity contribution < 1.29 is 95.3 Å². The number of aryl methyl sites for hydroxylation is 2. The predicted molar refractivity (Wildman–Crippen MR) is 347 cm³/mol. The lowest BCUT2D eigenvalue weighted by atomic mass is 9.75. The van der Waals surface area contributed by atoms with Crippen molar-refractivity contribution in [2.45, 2.75) is 119 Å². The summed E-state index contributed by atoms with van der Waals surface area (Å²) in [4.78, 5) is 135. The van der Waals surface area contributed by atoms with Crippen LogP contribution in [-0.4, -0.2) is 59.7 Å². The lowest BCUT2D eigenvalue weighted by Gasteiger charge is -2.32. The minimum atomic E-state index is -1.28. The fourth-order valence-corrected chi connectivity index (χ4v) is 12.0. The van der Waals surface area contributed by atoms with Crippen molar-refractivity contribution in [3.63, 3.8) is 0 Å². The van der Waals surface area contributed by atoms with Gasteiger partial charge in [0.25, 0.3) is 0 Å². The Hall–Kier alpha value is -11.5. The van der Waals surface area contributed by atoms with Crippen LogP contribution in [0.1, 0.15) is 173 Å². The molecule has 8 bridgehead atoms. The Bertz CT molecular complexity index is 3890. The van der Waals surface area contributed by atoms with Crippen molar-refractivity contribution in [3.05, 3.63) is 224 Å². The van der Waals surface area contributed by atoms with Gasteiger partial charge < -0.3 is 47.4 Å². The Kier molecular flexibility index (Phi) is 21.8. The van der Waals surface area contributed by atoms with Crippen molar-refractivity contribution in [1.82, 2.24) is 0 Å². The second-order valence-corrected chi connectivity index (χ2v) is 22.8. The Morgan fingerprint density at radius 2 is 0.458 bits per heavy atom. The number of fused-ring (bicyclic) bond motifs is 8. The van der Waals surface area contributed by atoms with Gasteiger partial charge in [-0.2, -0.15) is 0 Å². The van der Waals surface area contributed by atoms with E-state index in [1.807, 2.05) is 60.7 Å². The van der Waals surface area contributed by atoms with Crippen LogP contribution in [0, 0.1) is 0 Å². The van der Waals surface area contributed by atoms with Crippen LogP contribution < -0.4 is 47.4 Å². The van der Waals surface area contributed by atoms with Gasteiger partial charge in [0.1, 0.15) is 57.5 Å². The van der Waals surface area contributed by atoms with E-state index in [1.165, 1.54) is 118 Å². The third-order valence-corrected chi connectivity index (χ3v) is 15.4. The molecular formula is C76H68O20. The summed E-state index contributed by atoms with van der Waals surface area (Å²) in [5.41, 5.74) is 3.86. The summed E-state index contributed by atoms with van der Waals surface area (Å²) in [5.74, 6) is -13.5. The molecule has 8 aromatic rings. The highest BCUT2D eigenvalue weighted by Gasteiger charge is 2.38. The predicted octanol–water partition coefficient (Wildman–Crippen LogP) is 13.1. The number of benzene rings is 8. The zero-order valence-corrected chi connectivity index (χ0v) is 54.3. The SMILES string of the molecule is CC(=O)Oc1ccc(C2c3cc(c(OC(C)=O)cc3OC(C)=O)C(CCc3ccccc3)c3cc(c(OC(C)=O)cc3OC(C)=O)C(c3ccc(OC(C)=O)cc3)c3cc(c(OC(C)=O)cc3OC(C)=O)C(CCc3ccccc3)c3cc2c(OC(C)=O)cc3OC(C)=O)cc1. The van der Waals surface area contributed by atoms with Crippen LogP contribution in [0.2, 0.25) is 0 Å². The molecule has 0 saturated carbocycles. The molecule has 0 aliphatic heterocycles. The Labute approximate surface area is 553 Å². The third kappa shape index (κ3) is 17.2. The van der Waals surface area contributed by atoms with E-state index in [1.54, 1.807) is 48.5 Å². The Morgan fingerprint density at radius 1 is 0.250 bits per heavy atom. The van der Waals surface area contributed by atoms with Crippen LogP contribution in [0.25, 0.3) is 0 Å². The van der Waals surface area contributed by atoms with Gasteiger partial charge in [0.15, 0.2) is 0 Å². The van der Waals surface area contributed by atoms with Crippen LogP contribution in [0.15, 0.2) is 158 Å². The molecule has 0 spiro atoms. The van der Waals surface area contributed by atoms with Crippen molar-refractivity contribution >= 4 is 59.7 Å².